The first-order valence-electron chi connectivity index (χ1n) is 10.7. The fourth-order valence-electron chi connectivity index (χ4n) is 5.03. The molecule has 2 saturated carbocycles. The molecule has 5 nitrogen and oxygen atoms in total. The van der Waals surface area contributed by atoms with Gasteiger partial charge in [0.15, 0.2) is 0 Å². The molecule has 1 aromatic carbocycles. The van der Waals surface area contributed by atoms with Crippen molar-refractivity contribution in [2.75, 3.05) is 6.54 Å². The van der Waals surface area contributed by atoms with Gasteiger partial charge in [-0.05, 0) is 49.7 Å². The molecule has 1 aromatic rings. The number of benzene rings is 1. The number of nitriles is 1. The van der Waals surface area contributed by atoms with Crippen LogP contribution in [0, 0.1) is 23.2 Å². The highest BCUT2D eigenvalue weighted by atomic mass is 16.2. The summed E-state index contributed by atoms with van der Waals surface area (Å²) in [5.74, 6) is -0.533. The predicted octanol–water partition coefficient (Wildman–Crippen LogP) is 3.50. The molecule has 1 aliphatic heterocycles. The number of nitrogens with one attached hydrogen (secondary N) is 1. The van der Waals surface area contributed by atoms with E-state index in [0.29, 0.717) is 0 Å². The average molecular weight is 380 g/mol. The van der Waals surface area contributed by atoms with E-state index >= 15 is 0 Å². The minimum atomic E-state index is -0.669. The zero-order valence-electron chi connectivity index (χ0n) is 16.6. The molecule has 0 radical (unpaired) electrons. The Labute approximate surface area is 167 Å². The first-order valence-corrected chi connectivity index (χ1v) is 10.7. The van der Waals surface area contributed by atoms with E-state index < -0.39 is 5.54 Å². The summed E-state index contributed by atoms with van der Waals surface area (Å²) in [5, 5.41) is 12.2. The predicted molar refractivity (Wildman–Crippen MR) is 106 cm³/mol. The standard InChI is InChI=1S/C23H29N3O2/c1-2-20-17-8-4-3-7-16(17)11-14-26(20)22(28)19-10-6-5-9-18(19)21(27)25-23(15-24)12-13-23/h3-4,7-8,18-20H,2,5-6,9-14H2,1H3,(H,25,27)/t18-,19-,20?/m1/s1. The normalized spacial score (nSPS) is 28.0. The Bertz CT molecular complexity index is 808. The van der Waals surface area contributed by atoms with Crippen molar-refractivity contribution in [2.45, 2.75) is 69.9 Å². The molecule has 0 spiro atoms. The van der Waals surface area contributed by atoms with Gasteiger partial charge in [0.25, 0.3) is 0 Å². The molecular weight excluding hydrogens is 350 g/mol. The second-order valence-corrected chi connectivity index (χ2v) is 8.59. The molecule has 0 bridgehead atoms. The summed E-state index contributed by atoms with van der Waals surface area (Å²) in [6.07, 6.45) is 6.68. The van der Waals surface area contributed by atoms with E-state index in [1.807, 2.05) is 11.0 Å². The molecule has 1 heterocycles. The van der Waals surface area contributed by atoms with Gasteiger partial charge in [0, 0.05) is 18.4 Å². The van der Waals surface area contributed by atoms with Crippen LogP contribution >= 0.6 is 0 Å². The smallest absolute Gasteiger partial charge is 0.227 e. The van der Waals surface area contributed by atoms with E-state index in [9.17, 15) is 14.9 Å². The van der Waals surface area contributed by atoms with E-state index in [1.165, 1.54) is 11.1 Å². The number of fused-ring (bicyclic) bond motifs is 1. The second kappa shape index (κ2) is 7.58. The first kappa shape index (κ1) is 19.0. The average Bonchev–Trinajstić information content (AvgIpc) is 3.52. The molecule has 28 heavy (non-hydrogen) atoms. The zero-order valence-corrected chi connectivity index (χ0v) is 16.6. The van der Waals surface area contributed by atoms with Crippen molar-refractivity contribution in [2.24, 2.45) is 11.8 Å². The van der Waals surface area contributed by atoms with Gasteiger partial charge >= 0.3 is 0 Å². The summed E-state index contributed by atoms with van der Waals surface area (Å²) < 4.78 is 0. The highest BCUT2D eigenvalue weighted by Gasteiger charge is 2.48. The Morgan fingerprint density at radius 3 is 2.61 bits per heavy atom. The van der Waals surface area contributed by atoms with Crippen molar-refractivity contribution >= 4 is 11.8 Å². The Balaban J connectivity index is 1.53. The number of amides is 2. The number of carbonyl (C=O) groups excluding carboxylic acids is 2. The maximum Gasteiger partial charge on any atom is 0.227 e. The molecule has 4 rings (SSSR count). The van der Waals surface area contributed by atoms with Crippen LogP contribution < -0.4 is 5.32 Å². The maximum absolute atomic E-state index is 13.6. The molecule has 3 aliphatic rings. The van der Waals surface area contributed by atoms with Gasteiger partial charge in [0.1, 0.15) is 5.54 Å². The summed E-state index contributed by atoms with van der Waals surface area (Å²) in [6.45, 7) is 2.85. The summed E-state index contributed by atoms with van der Waals surface area (Å²) in [6, 6.07) is 10.7. The molecule has 2 amide bonds. The van der Waals surface area contributed by atoms with E-state index in [2.05, 4.69) is 36.5 Å². The van der Waals surface area contributed by atoms with E-state index in [0.717, 1.165) is 57.9 Å². The van der Waals surface area contributed by atoms with Crippen molar-refractivity contribution in [3.63, 3.8) is 0 Å². The lowest BCUT2D eigenvalue weighted by Crippen LogP contribution is -2.50. The van der Waals surface area contributed by atoms with Gasteiger partial charge < -0.3 is 10.2 Å². The maximum atomic E-state index is 13.6. The number of hydrogen-bond donors (Lipinski definition) is 1. The van der Waals surface area contributed by atoms with Crippen LogP contribution in [0.25, 0.3) is 0 Å². The molecule has 0 aromatic heterocycles. The topological polar surface area (TPSA) is 73.2 Å². The summed E-state index contributed by atoms with van der Waals surface area (Å²) in [7, 11) is 0. The van der Waals surface area contributed by atoms with Crippen LogP contribution in [-0.4, -0.2) is 28.8 Å². The van der Waals surface area contributed by atoms with Gasteiger partial charge in [-0.25, -0.2) is 0 Å². The van der Waals surface area contributed by atoms with Gasteiger partial charge in [-0.2, -0.15) is 5.26 Å². The molecule has 1 N–H and O–H groups in total. The Hall–Kier alpha value is -2.35. The number of hydrogen-bond acceptors (Lipinski definition) is 3. The zero-order chi connectivity index (χ0) is 19.7. The van der Waals surface area contributed by atoms with Gasteiger partial charge in [-0.1, -0.05) is 44.0 Å². The van der Waals surface area contributed by atoms with E-state index in [1.54, 1.807) is 0 Å². The first-order chi connectivity index (χ1) is 13.6. The molecule has 2 fully saturated rings. The third-order valence-electron chi connectivity index (χ3n) is 6.83. The monoisotopic (exact) mass is 379 g/mol. The molecule has 2 aliphatic carbocycles. The molecule has 3 atom stereocenters. The van der Waals surface area contributed by atoms with E-state index in [4.69, 9.17) is 0 Å². The van der Waals surface area contributed by atoms with Gasteiger partial charge in [0.05, 0.1) is 12.1 Å². The largest absolute Gasteiger partial charge is 0.338 e. The molecule has 0 saturated heterocycles. The number of rotatable bonds is 4. The van der Waals surface area contributed by atoms with E-state index in [-0.39, 0.29) is 29.7 Å². The third kappa shape index (κ3) is 3.41. The summed E-state index contributed by atoms with van der Waals surface area (Å²) >= 11 is 0. The van der Waals surface area contributed by atoms with Crippen LogP contribution in [0.3, 0.4) is 0 Å². The second-order valence-electron chi connectivity index (χ2n) is 8.59. The Morgan fingerprint density at radius 1 is 1.21 bits per heavy atom. The van der Waals surface area contributed by atoms with Crippen LogP contribution in [0.15, 0.2) is 24.3 Å². The van der Waals surface area contributed by atoms with Crippen LogP contribution in [0.1, 0.15) is 69.0 Å². The lowest BCUT2D eigenvalue weighted by Gasteiger charge is -2.41. The van der Waals surface area contributed by atoms with Crippen molar-refractivity contribution in [3.8, 4) is 6.07 Å². The summed E-state index contributed by atoms with van der Waals surface area (Å²) in [5.41, 5.74) is 1.92. The van der Waals surface area contributed by atoms with Crippen molar-refractivity contribution < 1.29 is 9.59 Å². The minimum Gasteiger partial charge on any atom is -0.338 e. The number of nitrogens with zero attached hydrogens (tertiary/aromatic N) is 2. The van der Waals surface area contributed by atoms with Crippen LogP contribution in [0.2, 0.25) is 0 Å². The summed E-state index contributed by atoms with van der Waals surface area (Å²) in [4.78, 5) is 28.5. The Kier molecular flexibility index (Phi) is 5.14. The van der Waals surface area contributed by atoms with Crippen LogP contribution in [0.5, 0.6) is 0 Å². The van der Waals surface area contributed by atoms with Gasteiger partial charge in [0.2, 0.25) is 11.8 Å². The van der Waals surface area contributed by atoms with Crippen molar-refractivity contribution in [3.05, 3.63) is 35.4 Å². The van der Waals surface area contributed by atoms with Crippen molar-refractivity contribution in [1.29, 1.82) is 5.26 Å². The SMILES string of the molecule is CCC1c2ccccc2CCN1C(=O)[C@@H]1CCCC[C@H]1C(=O)NC1(C#N)CC1. The molecule has 148 valence electrons. The minimum absolute atomic E-state index is 0.0944. The highest BCUT2D eigenvalue weighted by molar-refractivity contribution is 5.89. The van der Waals surface area contributed by atoms with Gasteiger partial charge in [-0.3, -0.25) is 9.59 Å². The fraction of sp³-hybridized carbons (Fsp3) is 0.609. The Morgan fingerprint density at radius 2 is 1.93 bits per heavy atom. The van der Waals surface area contributed by atoms with Gasteiger partial charge in [-0.15, -0.1) is 0 Å². The highest BCUT2D eigenvalue weighted by Crippen LogP contribution is 2.39. The molecule has 1 unspecified atom stereocenters. The number of carbonyl (C=O) groups is 2. The van der Waals surface area contributed by atoms with Crippen LogP contribution in [0.4, 0.5) is 0 Å². The quantitative estimate of drug-likeness (QED) is 0.870. The lowest BCUT2D eigenvalue weighted by molar-refractivity contribution is -0.146. The van der Waals surface area contributed by atoms with Crippen LogP contribution in [-0.2, 0) is 16.0 Å². The third-order valence-corrected chi connectivity index (χ3v) is 6.83. The fourth-order valence-corrected chi connectivity index (χ4v) is 5.03. The lowest BCUT2D eigenvalue weighted by atomic mass is 9.77. The molecular formula is C23H29N3O2. The molecule has 5 heteroatoms. The van der Waals surface area contributed by atoms with Crippen molar-refractivity contribution in [1.82, 2.24) is 10.2 Å².